The quantitative estimate of drug-likeness (QED) is 0.744. The van der Waals surface area contributed by atoms with E-state index in [2.05, 4.69) is 4.98 Å². The van der Waals surface area contributed by atoms with Gasteiger partial charge in [-0.2, -0.15) is 0 Å². The largest absolute Gasteiger partial charge is 0.494 e. The number of aliphatic hydroxyl groups is 1. The van der Waals surface area contributed by atoms with Crippen molar-refractivity contribution in [1.82, 2.24) is 4.98 Å². The Labute approximate surface area is 160 Å². The molecular formula is C22H29NO4. The molecule has 1 N–H and O–H groups in total. The minimum absolute atomic E-state index is 0.0688. The molecule has 0 amide bonds. The van der Waals surface area contributed by atoms with Crippen LogP contribution in [0.3, 0.4) is 0 Å². The summed E-state index contributed by atoms with van der Waals surface area (Å²) in [7, 11) is 0. The van der Waals surface area contributed by atoms with Crippen molar-refractivity contribution in [2.24, 2.45) is 5.92 Å². The van der Waals surface area contributed by atoms with Crippen LogP contribution in [-0.2, 0) is 16.0 Å². The summed E-state index contributed by atoms with van der Waals surface area (Å²) < 4.78 is 10.7. The first-order valence-electron chi connectivity index (χ1n) is 9.94. The van der Waals surface area contributed by atoms with Gasteiger partial charge < -0.3 is 14.6 Å². The number of carbonyl (C=O) groups is 1. The normalized spacial score (nSPS) is 22.6. The number of benzene rings is 1. The summed E-state index contributed by atoms with van der Waals surface area (Å²) in [5, 5.41) is 12.1. The molecule has 5 heteroatoms. The summed E-state index contributed by atoms with van der Waals surface area (Å²) in [6, 6.07) is 7.96. The molecule has 3 rings (SSSR count). The van der Waals surface area contributed by atoms with Crippen molar-refractivity contribution in [3.63, 3.8) is 0 Å². The zero-order valence-corrected chi connectivity index (χ0v) is 16.2. The van der Waals surface area contributed by atoms with Crippen molar-refractivity contribution in [1.29, 1.82) is 0 Å². The van der Waals surface area contributed by atoms with Crippen molar-refractivity contribution >= 4 is 16.9 Å². The van der Waals surface area contributed by atoms with E-state index in [-0.39, 0.29) is 11.9 Å². The molecule has 1 aromatic heterocycles. The summed E-state index contributed by atoms with van der Waals surface area (Å²) in [5.41, 5.74) is 1.40. The lowest BCUT2D eigenvalue weighted by Crippen LogP contribution is -2.37. The fraction of sp³-hybridized carbons (Fsp3) is 0.545. The molecule has 27 heavy (non-hydrogen) atoms. The van der Waals surface area contributed by atoms with Crippen LogP contribution in [0.5, 0.6) is 5.75 Å². The van der Waals surface area contributed by atoms with E-state index in [1.54, 1.807) is 0 Å². The number of esters is 1. The van der Waals surface area contributed by atoms with Gasteiger partial charge in [0.25, 0.3) is 0 Å². The maximum atomic E-state index is 11.9. The third kappa shape index (κ3) is 4.78. The van der Waals surface area contributed by atoms with E-state index in [1.165, 1.54) is 5.56 Å². The molecule has 1 aliphatic carbocycles. The highest BCUT2D eigenvalue weighted by atomic mass is 16.5. The Hall–Kier alpha value is -2.14. The maximum absolute atomic E-state index is 11.9. The Balaban J connectivity index is 1.66. The lowest BCUT2D eigenvalue weighted by molar-refractivity contribution is -0.151. The van der Waals surface area contributed by atoms with Gasteiger partial charge in [-0.05, 0) is 82.2 Å². The summed E-state index contributed by atoms with van der Waals surface area (Å²) in [6.45, 7) is 4.84. The topological polar surface area (TPSA) is 68.7 Å². The van der Waals surface area contributed by atoms with Crippen LogP contribution in [0, 0.1) is 5.92 Å². The van der Waals surface area contributed by atoms with Crippen LogP contribution in [0.25, 0.3) is 10.9 Å². The number of hydrogen-bond acceptors (Lipinski definition) is 5. The number of nitrogens with zero attached hydrogens (tertiary/aromatic N) is 1. The van der Waals surface area contributed by atoms with E-state index < -0.39 is 5.60 Å². The van der Waals surface area contributed by atoms with Crippen LogP contribution < -0.4 is 4.74 Å². The van der Waals surface area contributed by atoms with Crippen LogP contribution >= 0.6 is 0 Å². The van der Waals surface area contributed by atoms with Gasteiger partial charge in [0.2, 0.25) is 0 Å². The van der Waals surface area contributed by atoms with E-state index in [0.717, 1.165) is 23.1 Å². The third-order valence-electron chi connectivity index (χ3n) is 5.51. The number of carbonyl (C=O) groups excluding carboxylic acids is 1. The highest BCUT2D eigenvalue weighted by Gasteiger charge is 2.36. The smallest absolute Gasteiger partial charge is 0.308 e. The van der Waals surface area contributed by atoms with Gasteiger partial charge in [0, 0.05) is 11.6 Å². The van der Waals surface area contributed by atoms with Crippen LogP contribution in [0.4, 0.5) is 0 Å². The maximum Gasteiger partial charge on any atom is 0.308 e. The van der Waals surface area contributed by atoms with E-state index in [4.69, 9.17) is 9.47 Å². The molecule has 0 unspecified atom stereocenters. The zero-order valence-electron chi connectivity index (χ0n) is 16.2. The average Bonchev–Trinajstić information content (AvgIpc) is 2.67. The molecule has 0 radical (unpaired) electrons. The number of aryl methyl sites for hydroxylation is 1. The van der Waals surface area contributed by atoms with Gasteiger partial charge in [-0.15, -0.1) is 0 Å². The molecule has 0 atom stereocenters. The molecule has 0 saturated heterocycles. The minimum atomic E-state index is -0.712. The van der Waals surface area contributed by atoms with Crippen LogP contribution in [-0.4, -0.2) is 34.9 Å². The predicted octanol–water partition coefficient (Wildman–Crippen LogP) is 4.05. The lowest BCUT2D eigenvalue weighted by atomic mass is 9.76. The summed E-state index contributed by atoms with van der Waals surface area (Å²) in [4.78, 5) is 16.3. The summed E-state index contributed by atoms with van der Waals surface area (Å²) >= 11 is 0. The molecule has 1 aromatic carbocycles. The average molecular weight is 371 g/mol. The molecule has 1 heterocycles. The predicted molar refractivity (Wildman–Crippen MR) is 105 cm³/mol. The number of pyridine rings is 1. The fourth-order valence-electron chi connectivity index (χ4n) is 3.93. The Morgan fingerprint density at radius 2 is 2.00 bits per heavy atom. The number of hydrogen-bond donors (Lipinski definition) is 1. The first-order valence-corrected chi connectivity index (χ1v) is 9.94. The monoisotopic (exact) mass is 371 g/mol. The third-order valence-corrected chi connectivity index (χ3v) is 5.51. The van der Waals surface area contributed by atoms with Crippen LogP contribution in [0.2, 0.25) is 0 Å². The van der Waals surface area contributed by atoms with Crippen LogP contribution in [0.1, 0.15) is 51.5 Å². The van der Waals surface area contributed by atoms with Crippen molar-refractivity contribution in [3.05, 3.63) is 36.0 Å². The van der Waals surface area contributed by atoms with Crippen LogP contribution in [0.15, 0.2) is 30.5 Å². The Bertz CT molecular complexity index is 781. The highest BCUT2D eigenvalue weighted by Crippen LogP contribution is 2.36. The molecule has 1 fully saturated rings. The molecule has 0 spiro atoms. The molecule has 0 bridgehead atoms. The van der Waals surface area contributed by atoms with E-state index in [9.17, 15) is 9.90 Å². The van der Waals surface area contributed by atoms with Crippen molar-refractivity contribution < 1.29 is 19.4 Å². The number of aromatic nitrogens is 1. The molecule has 146 valence electrons. The zero-order chi connectivity index (χ0) is 19.3. The van der Waals surface area contributed by atoms with Gasteiger partial charge in [-0.3, -0.25) is 9.78 Å². The lowest BCUT2D eigenvalue weighted by Gasteiger charge is -2.35. The van der Waals surface area contributed by atoms with Crippen molar-refractivity contribution in [2.45, 2.75) is 58.0 Å². The van der Waals surface area contributed by atoms with E-state index >= 15 is 0 Å². The van der Waals surface area contributed by atoms with Gasteiger partial charge in [-0.25, -0.2) is 0 Å². The molecule has 1 saturated carbocycles. The van der Waals surface area contributed by atoms with Crippen molar-refractivity contribution in [3.8, 4) is 5.75 Å². The molecular weight excluding hydrogens is 342 g/mol. The highest BCUT2D eigenvalue weighted by molar-refractivity contribution is 5.83. The first-order chi connectivity index (χ1) is 13.0. The van der Waals surface area contributed by atoms with Gasteiger partial charge in [-0.1, -0.05) is 0 Å². The number of fused-ring (bicyclic) bond motifs is 1. The minimum Gasteiger partial charge on any atom is -0.494 e. The van der Waals surface area contributed by atoms with Gasteiger partial charge >= 0.3 is 5.97 Å². The SMILES string of the molecule is CCOC(=O)C1CCC(O)(CCc2ccnc3ccc(OCC)cc23)CC1. The molecule has 2 aromatic rings. The van der Waals surface area contributed by atoms with Gasteiger partial charge in [0.1, 0.15) is 5.75 Å². The van der Waals surface area contributed by atoms with E-state index in [1.807, 2.05) is 44.3 Å². The van der Waals surface area contributed by atoms with Crippen molar-refractivity contribution in [2.75, 3.05) is 13.2 Å². The Kier molecular flexibility index (Phi) is 6.32. The summed E-state index contributed by atoms with van der Waals surface area (Å²) in [5.74, 6) is 0.650. The van der Waals surface area contributed by atoms with Gasteiger partial charge in [0.05, 0.1) is 30.2 Å². The Morgan fingerprint density at radius 3 is 2.70 bits per heavy atom. The fourth-order valence-corrected chi connectivity index (χ4v) is 3.93. The second-order valence-corrected chi connectivity index (χ2v) is 7.33. The second kappa shape index (κ2) is 8.70. The van der Waals surface area contributed by atoms with Gasteiger partial charge in [0.15, 0.2) is 0 Å². The number of ether oxygens (including phenoxy) is 2. The standard InChI is InChI=1S/C22H29NO4/c1-3-26-18-5-6-20-19(15-18)16(10-14-23-20)7-11-22(25)12-8-17(9-13-22)21(24)27-4-2/h5-6,10,14-15,17,25H,3-4,7-9,11-13H2,1-2H3. The summed E-state index contributed by atoms with van der Waals surface area (Å²) in [6.07, 6.45) is 5.95. The molecule has 1 aliphatic rings. The molecule has 5 nitrogen and oxygen atoms in total. The first kappa shape index (κ1) is 19.6. The number of rotatable bonds is 7. The molecule has 0 aliphatic heterocycles. The Morgan fingerprint density at radius 1 is 1.22 bits per heavy atom. The van der Waals surface area contributed by atoms with E-state index in [0.29, 0.717) is 45.3 Å². The second-order valence-electron chi connectivity index (χ2n) is 7.33.